The van der Waals surface area contributed by atoms with E-state index in [4.69, 9.17) is 15.0 Å². The van der Waals surface area contributed by atoms with Crippen molar-refractivity contribution in [3.8, 4) is 73.6 Å². The SMILES string of the molecule is CC1(C)c2cc(C#N)ccc2-c2c(-c3ccccc3-c3cccc(-c4nc(-c5ccc([Si](C)(C)C)cc5)nc(-c5ccc([Si](C)(C)C)cc5)n4)c3)cccc21. The molecule has 55 heavy (non-hydrogen) atoms. The van der Waals surface area contributed by atoms with Crippen LogP contribution in [0.1, 0.15) is 30.5 Å². The minimum absolute atomic E-state index is 0.222. The fraction of sp³-hybridized carbons (Fsp3) is 0.184. The van der Waals surface area contributed by atoms with Crippen LogP contribution in [0.2, 0.25) is 39.3 Å². The number of fused-ring (bicyclic) bond motifs is 3. The molecule has 1 aliphatic rings. The van der Waals surface area contributed by atoms with Gasteiger partial charge in [-0.2, -0.15) is 5.26 Å². The number of nitrogens with zero attached hydrogens (tertiary/aromatic N) is 4. The van der Waals surface area contributed by atoms with Crippen LogP contribution in [0.5, 0.6) is 0 Å². The zero-order valence-corrected chi connectivity index (χ0v) is 35.0. The van der Waals surface area contributed by atoms with Crippen LogP contribution < -0.4 is 10.4 Å². The predicted octanol–water partition coefficient (Wildman–Crippen LogP) is 11.5. The average Bonchev–Trinajstić information content (AvgIpc) is 3.42. The van der Waals surface area contributed by atoms with E-state index in [1.54, 1.807) is 0 Å². The van der Waals surface area contributed by atoms with Crippen LogP contribution in [0.25, 0.3) is 67.5 Å². The number of nitriles is 1. The molecule has 0 aliphatic heterocycles. The molecule has 6 heteroatoms. The topological polar surface area (TPSA) is 62.5 Å². The molecule has 7 aromatic rings. The summed E-state index contributed by atoms with van der Waals surface area (Å²) in [5, 5.41) is 12.5. The summed E-state index contributed by atoms with van der Waals surface area (Å²) in [6.45, 7) is 18.7. The highest BCUT2D eigenvalue weighted by molar-refractivity contribution is 6.89. The molecule has 0 radical (unpaired) electrons. The summed E-state index contributed by atoms with van der Waals surface area (Å²) in [5.74, 6) is 1.98. The highest BCUT2D eigenvalue weighted by atomic mass is 28.3. The monoisotopic (exact) mass is 746 g/mol. The largest absolute Gasteiger partial charge is 0.208 e. The highest BCUT2D eigenvalue weighted by Crippen LogP contribution is 2.53. The van der Waals surface area contributed by atoms with E-state index in [2.05, 4.69) is 187 Å². The molecule has 0 N–H and O–H groups in total. The predicted molar refractivity (Wildman–Crippen MR) is 235 cm³/mol. The maximum atomic E-state index is 9.72. The summed E-state index contributed by atoms with van der Waals surface area (Å²) in [7, 11) is -2.94. The normalized spacial score (nSPS) is 13.2. The van der Waals surface area contributed by atoms with Gasteiger partial charge < -0.3 is 0 Å². The molecule has 270 valence electrons. The maximum absolute atomic E-state index is 9.72. The van der Waals surface area contributed by atoms with Gasteiger partial charge in [0.2, 0.25) is 0 Å². The Kier molecular flexibility index (Phi) is 8.91. The van der Waals surface area contributed by atoms with Crippen molar-refractivity contribution in [1.82, 2.24) is 15.0 Å². The lowest BCUT2D eigenvalue weighted by molar-refractivity contribution is 0.660. The Morgan fingerprint density at radius 2 is 0.964 bits per heavy atom. The van der Waals surface area contributed by atoms with E-state index in [-0.39, 0.29) is 5.41 Å². The molecule has 0 amide bonds. The standard InChI is InChI=1S/C49H46N4Si2/c1-49(2)43-18-12-17-41(45(43)42-28-19-32(31-50)29-44(42)49)40-16-10-9-15-39(40)35-13-11-14-36(30-35)48-52-46(33-20-24-37(25-21-33)54(3,4)5)51-47(53-48)34-22-26-38(27-23-34)55(6,7)8/h9-30H,1-8H3. The summed E-state index contributed by atoms with van der Waals surface area (Å²) in [5.41, 5.74) is 12.8. The molecule has 4 nitrogen and oxygen atoms in total. The summed E-state index contributed by atoms with van der Waals surface area (Å²) in [4.78, 5) is 15.4. The van der Waals surface area contributed by atoms with Crippen molar-refractivity contribution in [2.24, 2.45) is 0 Å². The van der Waals surface area contributed by atoms with Gasteiger partial charge in [-0.15, -0.1) is 0 Å². The third-order valence-corrected chi connectivity index (χ3v) is 15.3. The number of hydrogen-bond acceptors (Lipinski definition) is 4. The Balaban J connectivity index is 1.26. The van der Waals surface area contributed by atoms with E-state index in [0.29, 0.717) is 23.0 Å². The zero-order chi connectivity index (χ0) is 38.7. The minimum Gasteiger partial charge on any atom is -0.208 e. The van der Waals surface area contributed by atoms with E-state index in [1.807, 2.05) is 6.07 Å². The molecule has 0 saturated carbocycles. The molecule has 1 aromatic heterocycles. The Labute approximate surface area is 327 Å². The van der Waals surface area contributed by atoms with Gasteiger partial charge in [0.05, 0.1) is 27.8 Å². The molecular weight excluding hydrogens is 701 g/mol. The molecule has 0 saturated heterocycles. The first-order chi connectivity index (χ1) is 26.2. The maximum Gasteiger partial charge on any atom is 0.164 e. The summed E-state index contributed by atoms with van der Waals surface area (Å²) in [6, 6.07) is 50.0. The second-order valence-electron chi connectivity index (χ2n) is 17.3. The lowest BCUT2D eigenvalue weighted by atomic mass is 9.81. The zero-order valence-electron chi connectivity index (χ0n) is 33.0. The van der Waals surface area contributed by atoms with Crippen molar-refractivity contribution in [1.29, 1.82) is 5.26 Å². The van der Waals surface area contributed by atoms with Crippen LogP contribution in [0.3, 0.4) is 0 Å². The Hall–Kier alpha value is -5.75. The van der Waals surface area contributed by atoms with Crippen molar-refractivity contribution in [3.63, 3.8) is 0 Å². The lowest BCUT2D eigenvalue weighted by Crippen LogP contribution is -2.37. The van der Waals surface area contributed by atoms with Gasteiger partial charge in [-0.05, 0) is 62.7 Å². The van der Waals surface area contributed by atoms with Crippen molar-refractivity contribution in [2.75, 3.05) is 0 Å². The molecule has 1 aliphatic carbocycles. The van der Waals surface area contributed by atoms with Crippen LogP contribution in [0.4, 0.5) is 0 Å². The molecule has 0 bridgehead atoms. The average molecular weight is 747 g/mol. The number of aromatic nitrogens is 3. The third-order valence-electron chi connectivity index (χ3n) is 11.1. The van der Waals surface area contributed by atoms with Gasteiger partial charge in [0.15, 0.2) is 17.5 Å². The molecule has 1 heterocycles. The Morgan fingerprint density at radius 3 is 1.53 bits per heavy atom. The lowest BCUT2D eigenvalue weighted by Gasteiger charge is -2.22. The third kappa shape index (κ3) is 6.69. The molecule has 0 spiro atoms. The molecule has 8 rings (SSSR count). The first kappa shape index (κ1) is 36.2. The van der Waals surface area contributed by atoms with E-state index in [1.165, 1.54) is 38.2 Å². The summed E-state index contributed by atoms with van der Waals surface area (Å²) in [6.07, 6.45) is 0. The van der Waals surface area contributed by atoms with Crippen molar-refractivity contribution >= 4 is 26.5 Å². The quantitative estimate of drug-likeness (QED) is 0.152. The van der Waals surface area contributed by atoms with Crippen molar-refractivity contribution in [2.45, 2.75) is 58.5 Å². The van der Waals surface area contributed by atoms with Gasteiger partial charge in [-0.25, -0.2) is 15.0 Å². The van der Waals surface area contributed by atoms with Gasteiger partial charge in [-0.3, -0.25) is 0 Å². The molecule has 0 unspecified atom stereocenters. The van der Waals surface area contributed by atoms with E-state index in [0.717, 1.165) is 33.4 Å². The van der Waals surface area contributed by atoms with Crippen molar-refractivity contribution in [3.05, 3.63) is 150 Å². The summed E-state index contributed by atoms with van der Waals surface area (Å²) < 4.78 is 0. The fourth-order valence-electron chi connectivity index (χ4n) is 7.88. The highest BCUT2D eigenvalue weighted by Gasteiger charge is 2.37. The minimum atomic E-state index is -1.47. The smallest absolute Gasteiger partial charge is 0.164 e. The first-order valence-electron chi connectivity index (χ1n) is 19.1. The molecular formula is C49H46N4Si2. The Morgan fingerprint density at radius 1 is 0.455 bits per heavy atom. The van der Waals surface area contributed by atoms with Crippen molar-refractivity contribution < 1.29 is 0 Å². The fourth-order valence-corrected chi connectivity index (χ4v) is 10.2. The second-order valence-corrected chi connectivity index (χ2v) is 27.5. The van der Waals surface area contributed by atoms with Gasteiger partial charge >= 0.3 is 0 Å². The molecule has 6 aromatic carbocycles. The summed E-state index contributed by atoms with van der Waals surface area (Å²) >= 11 is 0. The second kappa shape index (κ2) is 13.5. The van der Waals surface area contributed by atoms with E-state index >= 15 is 0 Å². The van der Waals surface area contributed by atoms with E-state index in [9.17, 15) is 5.26 Å². The number of benzene rings is 6. The van der Waals surface area contributed by atoms with Gasteiger partial charge in [0.1, 0.15) is 0 Å². The van der Waals surface area contributed by atoms with Crippen LogP contribution >= 0.6 is 0 Å². The van der Waals surface area contributed by atoms with Crippen LogP contribution in [0, 0.1) is 11.3 Å². The first-order valence-corrected chi connectivity index (χ1v) is 26.1. The number of hydrogen-bond donors (Lipinski definition) is 0. The number of rotatable bonds is 7. The van der Waals surface area contributed by atoms with Crippen LogP contribution in [-0.4, -0.2) is 31.1 Å². The molecule has 0 atom stereocenters. The van der Waals surface area contributed by atoms with Crippen LogP contribution in [-0.2, 0) is 5.41 Å². The van der Waals surface area contributed by atoms with Crippen LogP contribution in [0.15, 0.2) is 133 Å². The van der Waals surface area contributed by atoms with Gasteiger partial charge in [0, 0.05) is 22.1 Å². The molecule has 0 fully saturated rings. The van der Waals surface area contributed by atoms with E-state index < -0.39 is 16.1 Å². The van der Waals surface area contributed by atoms with Gasteiger partial charge in [0.25, 0.3) is 0 Å². The Bertz CT molecular complexity index is 2560. The van der Waals surface area contributed by atoms with Gasteiger partial charge in [-0.1, -0.05) is 179 Å².